The third-order valence-corrected chi connectivity index (χ3v) is 4.49. The van der Waals surface area contributed by atoms with Crippen LogP contribution in [0, 0.1) is 0 Å². The standard InChI is InChI=1S/C22H26N2/c1-3-5-17-24-20(4-2)21(18-13-9-6-7-10-14-18)23-22(24)19-15-11-8-12-16-19/h6-16,18H,3-5,17H2,1-2H3. The molecule has 2 nitrogen and oxygen atoms in total. The zero-order chi connectivity index (χ0) is 16.8. The molecule has 1 heterocycles. The van der Waals surface area contributed by atoms with Crippen LogP contribution in [0.4, 0.5) is 0 Å². The maximum absolute atomic E-state index is 5.10. The number of hydrogen-bond donors (Lipinski definition) is 0. The van der Waals surface area contributed by atoms with Crippen molar-refractivity contribution in [1.82, 2.24) is 9.55 Å². The second kappa shape index (κ2) is 7.96. The second-order valence-electron chi connectivity index (χ2n) is 6.17. The molecule has 0 amide bonds. The van der Waals surface area contributed by atoms with Gasteiger partial charge >= 0.3 is 0 Å². The van der Waals surface area contributed by atoms with Crippen molar-refractivity contribution in [2.24, 2.45) is 0 Å². The van der Waals surface area contributed by atoms with Crippen LogP contribution < -0.4 is 0 Å². The molecule has 0 atom stereocenters. The summed E-state index contributed by atoms with van der Waals surface area (Å²) in [6, 6.07) is 10.6. The first kappa shape index (κ1) is 16.5. The van der Waals surface area contributed by atoms with Crippen molar-refractivity contribution in [2.45, 2.75) is 45.6 Å². The highest BCUT2D eigenvalue weighted by Crippen LogP contribution is 2.30. The summed E-state index contributed by atoms with van der Waals surface area (Å²) < 4.78 is 2.44. The first-order valence-corrected chi connectivity index (χ1v) is 9.01. The van der Waals surface area contributed by atoms with Crippen LogP contribution in [0.5, 0.6) is 0 Å². The Kier molecular flexibility index (Phi) is 5.47. The maximum atomic E-state index is 5.10. The van der Waals surface area contributed by atoms with Crippen LogP contribution in [0.2, 0.25) is 0 Å². The lowest BCUT2D eigenvalue weighted by Gasteiger charge is -2.12. The Morgan fingerprint density at radius 2 is 1.67 bits per heavy atom. The van der Waals surface area contributed by atoms with E-state index in [-0.39, 0.29) is 5.92 Å². The van der Waals surface area contributed by atoms with Crippen LogP contribution in [-0.4, -0.2) is 9.55 Å². The number of hydrogen-bond acceptors (Lipinski definition) is 1. The zero-order valence-corrected chi connectivity index (χ0v) is 14.7. The molecule has 0 bridgehead atoms. The molecule has 0 saturated carbocycles. The van der Waals surface area contributed by atoms with Crippen molar-refractivity contribution in [3.63, 3.8) is 0 Å². The molecule has 0 fully saturated rings. The van der Waals surface area contributed by atoms with Crippen LogP contribution in [0.25, 0.3) is 11.4 Å². The van der Waals surface area contributed by atoms with Crippen molar-refractivity contribution in [2.75, 3.05) is 0 Å². The molecular formula is C22H26N2. The van der Waals surface area contributed by atoms with Crippen LogP contribution in [-0.2, 0) is 13.0 Å². The van der Waals surface area contributed by atoms with Gasteiger partial charge in [0, 0.05) is 23.7 Å². The molecule has 1 aliphatic carbocycles. The van der Waals surface area contributed by atoms with E-state index in [2.05, 4.69) is 85.2 Å². The van der Waals surface area contributed by atoms with Crippen molar-refractivity contribution in [3.8, 4) is 11.4 Å². The third kappa shape index (κ3) is 3.43. The number of rotatable bonds is 6. The average Bonchev–Trinajstić information content (AvgIpc) is 2.79. The number of imidazole rings is 1. The summed E-state index contributed by atoms with van der Waals surface area (Å²) in [6.07, 6.45) is 16.3. The van der Waals surface area contributed by atoms with Gasteiger partial charge in [-0.3, -0.25) is 0 Å². The quantitative estimate of drug-likeness (QED) is 0.670. The minimum absolute atomic E-state index is 0.250. The van der Waals surface area contributed by atoms with Gasteiger partial charge in [0.1, 0.15) is 5.82 Å². The SMILES string of the molecule is CCCCn1c(-c2ccccc2)nc(C2C=CC=CC=C2)c1CC. The summed E-state index contributed by atoms with van der Waals surface area (Å²) >= 11 is 0. The summed E-state index contributed by atoms with van der Waals surface area (Å²) in [7, 11) is 0. The molecule has 124 valence electrons. The Balaban J connectivity index is 2.10. The number of aromatic nitrogens is 2. The Morgan fingerprint density at radius 3 is 2.29 bits per heavy atom. The van der Waals surface area contributed by atoms with Gasteiger partial charge in [0.2, 0.25) is 0 Å². The molecule has 1 aromatic carbocycles. The number of unbranched alkanes of at least 4 members (excludes halogenated alkanes) is 1. The van der Waals surface area contributed by atoms with Crippen LogP contribution in [0.15, 0.2) is 66.8 Å². The van der Waals surface area contributed by atoms with E-state index in [1.807, 2.05) is 0 Å². The van der Waals surface area contributed by atoms with Crippen LogP contribution in [0.3, 0.4) is 0 Å². The summed E-state index contributed by atoms with van der Waals surface area (Å²) in [5.41, 5.74) is 3.77. The summed E-state index contributed by atoms with van der Waals surface area (Å²) in [6.45, 7) is 5.52. The van der Waals surface area contributed by atoms with E-state index in [4.69, 9.17) is 4.98 Å². The highest BCUT2D eigenvalue weighted by atomic mass is 15.1. The molecule has 0 N–H and O–H groups in total. The molecule has 0 spiro atoms. The van der Waals surface area contributed by atoms with Crippen LogP contribution in [0.1, 0.15) is 44.0 Å². The summed E-state index contributed by atoms with van der Waals surface area (Å²) in [5.74, 6) is 1.36. The molecular weight excluding hydrogens is 292 g/mol. The van der Waals surface area contributed by atoms with Gasteiger partial charge in [-0.2, -0.15) is 0 Å². The van der Waals surface area contributed by atoms with Crippen LogP contribution >= 0.6 is 0 Å². The lowest BCUT2D eigenvalue weighted by atomic mass is 10.0. The first-order valence-electron chi connectivity index (χ1n) is 9.01. The van der Waals surface area contributed by atoms with Crippen molar-refractivity contribution in [1.29, 1.82) is 0 Å². The average molecular weight is 318 g/mol. The summed E-state index contributed by atoms with van der Waals surface area (Å²) in [4.78, 5) is 5.10. The first-order chi connectivity index (χ1) is 11.8. The van der Waals surface area contributed by atoms with E-state index in [1.165, 1.54) is 29.8 Å². The Hall–Kier alpha value is -2.35. The van der Waals surface area contributed by atoms with E-state index >= 15 is 0 Å². The molecule has 0 saturated heterocycles. The molecule has 1 aromatic heterocycles. The van der Waals surface area contributed by atoms with Gasteiger partial charge in [-0.05, 0) is 12.8 Å². The van der Waals surface area contributed by atoms with Gasteiger partial charge in [0.05, 0.1) is 5.69 Å². The molecule has 0 aliphatic heterocycles. The fourth-order valence-corrected chi connectivity index (χ4v) is 3.25. The molecule has 0 radical (unpaired) electrons. The fourth-order valence-electron chi connectivity index (χ4n) is 3.25. The highest BCUT2D eigenvalue weighted by Gasteiger charge is 2.20. The number of benzene rings is 1. The lowest BCUT2D eigenvalue weighted by molar-refractivity contribution is 0.614. The van der Waals surface area contributed by atoms with E-state index in [0.717, 1.165) is 18.8 Å². The van der Waals surface area contributed by atoms with Gasteiger partial charge in [-0.1, -0.05) is 87.1 Å². The maximum Gasteiger partial charge on any atom is 0.140 e. The predicted octanol–water partition coefficient (Wildman–Crippen LogP) is 5.68. The molecule has 0 unspecified atom stereocenters. The van der Waals surface area contributed by atoms with E-state index in [9.17, 15) is 0 Å². The molecule has 2 aromatic rings. The minimum atomic E-state index is 0.250. The molecule has 2 heteroatoms. The van der Waals surface area contributed by atoms with Crippen molar-refractivity contribution in [3.05, 3.63) is 78.2 Å². The topological polar surface area (TPSA) is 17.8 Å². The largest absolute Gasteiger partial charge is 0.328 e. The third-order valence-electron chi connectivity index (χ3n) is 4.49. The Labute approximate surface area is 145 Å². The number of allylic oxidation sites excluding steroid dienone is 6. The van der Waals surface area contributed by atoms with Gasteiger partial charge in [0.25, 0.3) is 0 Å². The van der Waals surface area contributed by atoms with Crippen molar-refractivity contribution >= 4 is 0 Å². The van der Waals surface area contributed by atoms with E-state index in [1.54, 1.807) is 0 Å². The molecule has 3 rings (SSSR count). The van der Waals surface area contributed by atoms with Gasteiger partial charge < -0.3 is 4.57 Å². The van der Waals surface area contributed by atoms with E-state index in [0.29, 0.717) is 0 Å². The monoisotopic (exact) mass is 318 g/mol. The predicted molar refractivity (Wildman–Crippen MR) is 102 cm³/mol. The minimum Gasteiger partial charge on any atom is -0.328 e. The fraction of sp³-hybridized carbons (Fsp3) is 0.318. The molecule has 24 heavy (non-hydrogen) atoms. The van der Waals surface area contributed by atoms with Gasteiger partial charge in [-0.15, -0.1) is 0 Å². The smallest absolute Gasteiger partial charge is 0.140 e. The highest BCUT2D eigenvalue weighted by molar-refractivity contribution is 5.57. The van der Waals surface area contributed by atoms with Gasteiger partial charge in [0.15, 0.2) is 0 Å². The van der Waals surface area contributed by atoms with Crippen molar-refractivity contribution < 1.29 is 0 Å². The zero-order valence-electron chi connectivity index (χ0n) is 14.7. The van der Waals surface area contributed by atoms with Gasteiger partial charge in [-0.25, -0.2) is 4.98 Å². The normalized spacial score (nSPS) is 14.2. The Bertz CT molecular complexity index is 732. The number of nitrogens with zero attached hydrogens (tertiary/aromatic N) is 2. The Morgan fingerprint density at radius 1 is 0.958 bits per heavy atom. The lowest BCUT2D eigenvalue weighted by Crippen LogP contribution is -2.06. The molecule has 1 aliphatic rings. The van der Waals surface area contributed by atoms with E-state index < -0.39 is 0 Å². The summed E-state index contributed by atoms with van der Waals surface area (Å²) in [5, 5.41) is 0. The second-order valence-corrected chi connectivity index (χ2v) is 6.17.